The van der Waals surface area contributed by atoms with Crippen LogP contribution in [0.25, 0.3) is 22.2 Å². The van der Waals surface area contributed by atoms with Gasteiger partial charge in [-0.15, -0.1) is 0 Å². The number of pyridine rings is 2. The van der Waals surface area contributed by atoms with Gasteiger partial charge in [-0.05, 0) is 60.4 Å². The van der Waals surface area contributed by atoms with Crippen LogP contribution in [0.1, 0.15) is 23.7 Å². The average molecular weight is 345 g/mol. The third-order valence-corrected chi connectivity index (χ3v) is 4.72. The standard InChI is InChI=1S/C22H20FN3/c1-3-16-13-26(21-5-4-9-25-22(16)21)14-19-7-6-17(12-20(19)23)18-8-10-24-15(2)11-18/h4-13H,3,14H2,1-2H3. The molecule has 3 aromatic heterocycles. The summed E-state index contributed by atoms with van der Waals surface area (Å²) in [5.41, 5.74) is 6.66. The number of halogens is 1. The molecule has 26 heavy (non-hydrogen) atoms. The van der Waals surface area contributed by atoms with E-state index in [0.29, 0.717) is 12.1 Å². The molecule has 0 aliphatic rings. The van der Waals surface area contributed by atoms with Crippen molar-refractivity contribution < 1.29 is 4.39 Å². The number of hydrogen-bond acceptors (Lipinski definition) is 2. The summed E-state index contributed by atoms with van der Waals surface area (Å²) in [5, 5.41) is 0. The molecule has 0 fully saturated rings. The summed E-state index contributed by atoms with van der Waals surface area (Å²) in [6, 6.07) is 13.3. The zero-order valence-corrected chi connectivity index (χ0v) is 14.9. The van der Waals surface area contributed by atoms with Crippen LogP contribution in [0.15, 0.2) is 61.1 Å². The Labute approximate surface area is 152 Å². The van der Waals surface area contributed by atoms with Gasteiger partial charge in [0.25, 0.3) is 0 Å². The van der Waals surface area contributed by atoms with Crippen molar-refractivity contribution in [3.05, 3.63) is 83.7 Å². The number of aryl methyl sites for hydroxylation is 2. The molecule has 4 heteroatoms. The maximum atomic E-state index is 14.8. The second-order valence-electron chi connectivity index (χ2n) is 6.50. The topological polar surface area (TPSA) is 30.7 Å². The van der Waals surface area contributed by atoms with Gasteiger partial charge in [0.05, 0.1) is 17.6 Å². The van der Waals surface area contributed by atoms with E-state index < -0.39 is 0 Å². The number of rotatable bonds is 4. The molecule has 0 aliphatic carbocycles. The lowest BCUT2D eigenvalue weighted by molar-refractivity contribution is 0.602. The predicted octanol–water partition coefficient (Wildman–Crippen LogP) is 5.16. The van der Waals surface area contributed by atoms with Gasteiger partial charge in [0.15, 0.2) is 0 Å². The van der Waals surface area contributed by atoms with Crippen molar-refractivity contribution in [1.82, 2.24) is 14.5 Å². The zero-order chi connectivity index (χ0) is 18.1. The van der Waals surface area contributed by atoms with Crippen molar-refractivity contribution in [2.24, 2.45) is 0 Å². The van der Waals surface area contributed by atoms with Crippen molar-refractivity contribution in [3.63, 3.8) is 0 Å². The summed E-state index contributed by atoms with van der Waals surface area (Å²) in [7, 11) is 0. The van der Waals surface area contributed by atoms with Crippen LogP contribution in [0.3, 0.4) is 0 Å². The molecule has 3 heterocycles. The van der Waals surface area contributed by atoms with Crippen LogP contribution in [0.4, 0.5) is 4.39 Å². The van der Waals surface area contributed by atoms with E-state index in [2.05, 4.69) is 27.7 Å². The van der Waals surface area contributed by atoms with E-state index >= 15 is 0 Å². The first-order valence-corrected chi connectivity index (χ1v) is 8.80. The first-order valence-electron chi connectivity index (χ1n) is 8.80. The van der Waals surface area contributed by atoms with Gasteiger partial charge in [-0.3, -0.25) is 9.97 Å². The summed E-state index contributed by atoms with van der Waals surface area (Å²) < 4.78 is 16.8. The normalized spacial score (nSPS) is 11.2. The number of fused-ring (bicyclic) bond motifs is 1. The summed E-state index contributed by atoms with van der Waals surface area (Å²) in [4.78, 5) is 8.68. The Morgan fingerprint density at radius 2 is 1.81 bits per heavy atom. The van der Waals surface area contributed by atoms with Gasteiger partial charge < -0.3 is 4.57 Å². The van der Waals surface area contributed by atoms with Gasteiger partial charge in [-0.1, -0.05) is 19.1 Å². The number of hydrogen-bond donors (Lipinski definition) is 0. The fourth-order valence-electron chi connectivity index (χ4n) is 3.35. The van der Waals surface area contributed by atoms with Gasteiger partial charge in [-0.25, -0.2) is 4.39 Å². The molecule has 4 rings (SSSR count). The van der Waals surface area contributed by atoms with E-state index in [1.807, 2.05) is 43.3 Å². The summed E-state index contributed by atoms with van der Waals surface area (Å²) in [5.74, 6) is -0.194. The Bertz CT molecular complexity index is 1080. The largest absolute Gasteiger partial charge is 0.341 e. The molecule has 0 bridgehead atoms. The second kappa shape index (κ2) is 6.71. The zero-order valence-electron chi connectivity index (χ0n) is 14.9. The molecule has 0 spiro atoms. The van der Waals surface area contributed by atoms with E-state index in [1.54, 1.807) is 18.5 Å². The molecule has 0 aliphatic heterocycles. The van der Waals surface area contributed by atoms with E-state index in [0.717, 1.165) is 34.3 Å². The Hall–Kier alpha value is -3.01. The Kier molecular flexibility index (Phi) is 4.25. The summed E-state index contributed by atoms with van der Waals surface area (Å²) >= 11 is 0. The van der Waals surface area contributed by atoms with Crippen molar-refractivity contribution in [2.45, 2.75) is 26.8 Å². The maximum Gasteiger partial charge on any atom is 0.128 e. The molecule has 0 N–H and O–H groups in total. The smallest absolute Gasteiger partial charge is 0.128 e. The molecule has 1 aromatic carbocycles. The highest BCUT2D eigenvalue weighted by atomic mass is 19.1. The molecule has 0 unspecified atom stereocenters. The van der Waals surface area contributed by atoms with Crippen LogP contribution in [-0.2, 0) is 13.0 Å². The predicted molar refractivity (Wildman–Crippen MR) is 103 cm³/mol. The van der Waals surface area contributed by atoms with Crippen LogP contribution in [0.2, 0.25) is 0 Å². The number of benzene rings is 1. The summed E-state index contributed by atoms with van der Waals surface area (Å²) in [6.07, 6.45) is 6.54. The first-order chi connectivity index (χ1) is 12.7. The third-order valence-electron chi connectivity index (χ3n) is 4.72. The SMILES string of the molecule is CCc1cn(Cc2ccc(-c3ccnc(C)c3)cc2F)c2cccnc12. The quantitative estimate of drug-likeness (QED) is 0.512. The molecule has 0 amide bonds. The Balaban J connectivity index is 1.70. The molecule has 0 radical (unpaired) electrons. The van der Waals surface area contributed by atoms with E-state index in [1.165, 1.54) is 5.56 Å². The molecular formula is C22H20FN3. The van der Waals surface area contributed by atoms with Crippen LogP contribution < -0.4 is 0 Å². The highest BCUT2D eigenvalue weighted by Crippen LogP contribution is 2.25. The van der Waals surface area contributed by atoms with Crippen LogP contribution in [0.5, 0.6) is 0 Å². The van der Waals surface area contributed by atoms with Gasteiger partial charge in [0.2, 0.25) is 0 Å². The van der Waals surface area contributed by atoms with Crippen LogP contribution >= 0.6 is 0 Å². The van der Waals surface area contributed by atoms with Gasteiger partial charge in [0.1, 0.15) is 5.82 Å². The minimum Gasteiger partial charge on any atom is -0.341 e. The summed E-state index contributed by atoms with van der Waals surface area (Å²) in [6.45, 7) is 4.54. The molecular weight excluding hydrogens is 325 g/mol. The highest BCUT2D eigenvalue weighted by Gasteiger charge is 2.11. The van der Waals surface area contributed by atoms with Crippen LogP contribution in [-0.4, -0.2) is 14.5 Å². The minimum absolute atomic E-state index is 0.194. The molecule has 0 saturated heterocycles. The van der Waals surface area contributed by atoms with E-state index in [4.69, 9.17) is 0 Å². The first kappa shape index (κ1) is 16.5. The monoisotopic (exact) mass is 345 g/mol. The van der Waals surface area contributed by atoms with Crippen LogP contribution in [0, 0.1) is 12.7 Å². The van der Waals surface area contributed by atoms with E-state index in [-0.39, 0.29) is 5.82 Å². The van der Waals surface area contributed by atoms with Crippen molar-refractivity contribution in [3.8, 4) is 11.1 Å². The van der Waals surface area contributed by atoms with Gasteiger partial charge in [-0.2, -0.15) is 0 Å². The molecule has 4 aromatic rings. The second-order valence-corrected chi connectivity index (χ2v) is 6.50. The molecule has 130 valence electrons. The Morgan fingerprint density at radius 1 is 0.962 bits per heavy atom. The van der Waals surface area contributed by atoms with Gasteiger partial charge >= 0.3 is 0 Å². The minimum atomic E-state index is -0.194. The van der Waals surface area contributed by atoms with Crippen molar-refractivity contribution in [2.75, 3.05) is 0 Å². The van der Waals surface area contributed by atoms with Gasteiger partial charge in [0, 0.05) is 29.8 Å². The maximum absolute atomic E-state index is 14.8. The van der Waals surface area contributed by atoms with E-state index in [9.17, 15) is 4.39 Å². The number of nitrogens with zero attached hydrogens (tertiary/aromatic N) is 3. The molecule has 3 nitrogen and oxygen atoms in total. The fourth-order valence-corrected chi connectivity index (χ4v) is 3.35. The third kappa shape index (κ3) is 2.99. The lowest BCUT2D eigenvalue weighted by Crippen LogP contribution is -2.01. The highest BCUT2D eigenvalue weighted by molar-refractivity contribution is 5.79. The molecule has 0 saturated carbocycles. The van der Waals surface area contributed by atoms with Crippen molar-refractivity contribution >= 4 is 11.0 Å². The lowest BCUT2D eigenvalue weighted by Gasteiger charge is -2.09. The lowest BCUT2D eigenvalue weighted by atomic mass is 10.0. The average Bonchev–Trinajstić information content (AvgIpc) is 3.01. The van der Waals surface area contributed by atoms with Crippen molar-refractivity contribution in [1.29, 1.82) is 0 Å². The number of aromatic nitrogens is 3. The Morgan fingerprint density at radius 3 is 2.58 bits per heavy atom. The molecule has 0 atom stereocenters. The fraction of sp³-hybridized carbons (Fsp3) is 0.182.